The highest BCUT2D eigenvalue weighted by Gasteiger charge is 2.12. The molecule has 0 spiro atoms. The highest BCUT2D eigenvalue weighted by Crippen LogP contribution is 2.15. The summed E-state index contributed by atoms with van der Waals surface area (Å²) in [4.78, 5) is 19.4. The fraction of sp³-hybridized carbons (Fsp3) is 0.118. The summed E-state index contributed by atoms with van der Waals surface area (Å²) >= 11 is 5.17. The predicted molar refractivity (Wildman–Crippen MR) is 99.1 cm³/mol. The van der Waals surface area contributed by atoms with Crippen LogP contribution in [0.15, 0.2) is 48.8 Å². The van der Waals surface area contributed by atoms with E-state index in [-0.39, 0.29) is 5.91 Å². The first-order valence-corrected chi connectivity index (χ1v) is 7.97. The molecule has 2 heterocycles. The average Bonchev–Trinajstić information content (AvgIpc) is 3.09. The Morgan fingerprint density at radius 1 is 1.28 bits per heavy atom. The summed E-state index contributed by atoms with van der Waals surface area (Å²) in [5.74, 6) is 0.476. The van der Waals surface area contributed by atoms with Crippen LogP contribution in [0.3, 0.4) is 0 Å². The largest absolute Gasteiger partial charge is 0.497 e. The maximum atomic E-state index is 12.3. The van der Waals surface area contributed by atoms with E-state index in [1.165, 1.54) is 0 Å². The highest BCUT2D eigenvalue weighted by atomic mass is 32.1. The number of methoxy groups -OCH3 is 1. The number of rotatable bonds is 4. The number of amides is 1. The van der Waals surface area contributed by atoms with Crippen molar-refractivity contribution in [1.29, 1.82) is 0 Å². The summed E-state index contributed by atoms with van der Waals surface area (Å²) in [5.41, 5.74) is 7.42. The summed E-state index contributed by atoms with van der Waals surface area (Å²) in [5, 5.41) is 4.08. The number of aromatic amines is 1. The van der Waals surface area contributed by atoms with Gasteiger partial charge in [0.05, 0.1) is 12.7 Å². The maximum absolute atomic E-state index is 12.3. The van der Waals surface area contributed by atoms with Gasteiger partial charge < -0.3 is 15.0 Å². The Labute approximate surface area is 149 Å². The Morgan fingerprint density at radius 2 is 2.16 bits per heavy atom. The fourth-order valence-electron chi connectivity index (χ4n) is 2.33. The lowest BCUT2D eigenvalue weighted by Gasteiger charge is -2.12. The molecule has 0 unspecified atom stereocenters. The van der Waals surface area contributed by atoms with Gasteiger partial charge >= 0.3 is 0 Å². The minimum absolute atomic E-state index is 0.301. The van der Waals surface area contributed by atoms with Crippen molar-refractivity contribution in [3.05, 3.63) is 59.9 Å². The molecule has 3 rings (SSSR count). The van der Waals surface area contributed by atoms with E-state index in [1.54, 1.807) is 25.6 Å². The summed E-state index contributed by atoms with van der Waals surface area (Å²) in [6, 6.07) is 11.2. The van der Waals surface area contributed by atoms with Gasteiger partial charge in [0.2, 0.25) is 0 Å². The first-order chi connectivity index (χ1) is 12.2. The van der Waals surface area contributed by atoms with Gasteiger partial charge in [0.25, 0.3) is 5.91 Å². The van der Waals surface area contributed by atoms with Crippen LogP contribution >= 0.6 is 12.2 Å². The van der Waals surface area contributed by atoms with Crippen LogP contribution in [0.1, 0.15) is 15.9 Å². The van der Waals surface area contributed by atoms with Crippen molar-refractivity contribution in [3.8, 4) is 5.75 Å². The lowest BCUT2D eigenvalue weighted by Crippen LogP contribution is -2.46. The molecule has 2 aromatic heterocycles. The number of nitrogens with zero attached hydrogens (tertiary/aromatic N) is 1. The normalized spacial score (nSPS) is 10.3. The number of carbonyl (C=O) groups is 1. The Morgan fingerprint density at radius 3 is 3.00 bits per heavy atom. The van der Waals surface area contributed by atoms with Gasteiger partial charge in [0.15, 0.2) is 5.11 Å². The third-order valence-corrected chi connectivity index (χ3v) is 3.82. The highest BCUT2D eigenvalue weighted by molar-refractivity contribution is 7.80. The zero-order valence-electron chi connectivity index (χ0n) is 13.5. The molecule has 0 bridgehead atoms. The summed E-state index contributed by atoms with van der Waals surface area (Å²) < 4.78 is 5.18. The van der Waals surface area contributed by atoms with Gasteiger partial charge in [-0.2, -0.15) is 0 Å². The van der Waals surface area contributed by atoms with Crippen molar-refractivity contribution in [2.75, 3.05) is 7.11 Å². The van der Waals surface area contributed by atoms with E-state index in [9.17, 15) is 4.79 Å². The van der Waals surface area contributed by atoms with Crippen LogP contribution in [0.2, 0.25) is 0 Å². The van der Waals surface area contributed by atoms with Gasteiger partial charge in [-0.25, -0.2) is 4.98 Å². The molecule has 25 heavy (non-hydrogen) atoms. The van der Waals surface area contributed by atoms with Crippen molar-refractivity contribution in [2.24, 2.45) is 0 Å². The van der Waals surface area contributed by atoms with E-state index in [4.69, 9.17) is 17.0 Å². The van der Waals surface area contributed by atoms with E-state index < -0.39 is 0 Å². The van der Waals surface area contributed by atoms with E-state index in [1.807, 2.05) is 30.3 Å². The number of thiocarbonyl (C=S) groups is 1. The lowest BCUT2D eigenvalue weighted by atomic mass is 10.2. The average molecular weight is 355 g/mol. The number of H-pyrrole nitrogens is 1. The third kappa shape index (κ3) is 4.04. The molecule has 0 radical (unpaired) electrons. The number of fused-ring (bicyclic) bond motifs is 1. The van der Waals surface area contributed by atoms with E-state index in [0.29, 0.717) is 22.9 Å². The molecule has 0 atom stereocenters. The number of hydrogen-bond donors (Lipinski definition) is 4. The number of hydrazine groups is 1. The predicted octanol–water partition coefficient (Wildman–Crippen LogP) is 1.88. The van der Waals surface area contributed by atoms with Crippen LogP contribution in [0.5, 0.6) is 5.75 Å². The summed E-state index contributed by atoms with van der Waals surface area (Å²) in [6.07, 6.45) is 3.28. The molecule has 4 N–H and O–H groups in total. The van der Waals surface area contributed by atoms with Crippen LogP contribution in [-0.4, -0.2) is 28.1 Å². The number of hydrogen-bond acceptors (Lipinski definition) is 4. The number of benzene rings is 1. The van der Waals surface area contributed by atoms with Gasteiger partial charge in [0, 0.05) is 24.3 Å². The van der Waals surface area contributed by atoms with Crippen molar-refractivity contribution >= 4 is 34.3 Å². The minimum atomic E-state index is -0.301. The Kier molecular flexibility index (Phi) is 5.10. The zero-order valence-corrected chi connectivity index (χ0v) is 14.3. The zero-order chi connectivity index (χ0) is 17.6. The van der Waals surface area contributed by atoms with Crippen LogP contribution < -0.4 is 20.9 Å². The molecular weight excluding hydrogens is 338 g/mol. The first-order valence-electron chi connectivity index (χ1n) is 7.56. The maximum Gasteiger partial charge on any atom is 0.271 e. The van der Waals surface area contributed by atoms with Crippen LogP contribution in [0, 0.1) is 0 Å². The second-order valence-corrected chi connectivity index (χ2v) is 5.62. The molecule has 0 aliphatic carbocycles. The molecule has 1 aromatic carbocycles. The SMILES string of the molecule is COc1cccc(CNC(=S)NNC(=O)c2c[nH]c3ncccc23)c1. The minimum Gasteiger partial charge on any atom is -0.497 e. The molecule has 128 valence electrons. The van der Waals surface area contributed by atoms with Gasteiger partial charge in [-0.1, -0.05) is 12.1 Å². The third-order valence-electron chi connectivity index (χ3n) is 3.57. The summed E-state index contributed by atoms with van der Waals surface area (Å²) in [6.45, 7) is 0.510. The Hall–Kier alpha value is -3.13. The Balaban J connectivity index is 1.52. The molecular formula is C17H17N5O2S. The molecule has 7 nitrogen and oxygen atoms in total. The van der Waals surface area contributed by atoms with Gasteiger partial charge in [-0.05, 0) is 42.0 Å². The number of pyridine rings is 1. The number of ether oxygens (including phenoxy) is 1. The van der Waals surface area contributed by atoms with Gasteiger partial charge in [-0.3, -0.25) is 15.6 Å². The Bertz CT molecular complexity index is 909. The first kappa shape index (κ1) is 16.7. The molecule has 8 heteroatoms. The number of aromatic nitrogens is 2. The monoisotopic (exact) mass is 355 g/mol. The molecule has 0 aliphatic heterocycles. The van der Waals surface area contributed by atoms with Crippen molar-refractivity contribution in [2.45, 2.75) is 6.54 Å². The van der Waals surface area contributed by atoms with Crippen molar-refractivity contribution in [1.82, 2.24) is 26.1 Å². The fourth-order valence-corrected chi connectivity index (χ4v) is 2.46. The smallest absolute Gasteiger partial charge is 0.271 e. The van der Waals surface area contributed by atoms with Crippen LogP contribution in [0.4, 0.5) is 0 Å². The molecule has 0 saturated carbocycles. The number of nitrogens with one attached hydrogen (secondary N) is 4. The van der Waals surface area contributed by atoms with Gasteiger partial charge in [0.1, 0.15) is 11.4 Å². The quantitative estimate of drug-likeness (QED) is 0.422. The molecule has 1 amide bonds. The van der Waals surface area contributed by atoms with Gasteiger partial charge in [-0.15, -0.1) is 0 Å². The second kappa shape index (κ2) is 7.63. The summed E-state index contributed by atoms with van der Waals surface area (Å²) in [7, 11) is 1.62. The lowest BCUT2D eigenvalue weighted by molar-refractivity contribution is 0.0945. The van der Waals surface area contributed by atoms with Crippen molar-refractivity contribution < 1.29 is 9.53 Å². The van der Waals surface area contributed by atoms with E-state index >= 15 is 0 Å². The number of carbonyl (C=O) groups excluding carboxylic acids is 1. The van der Waals surface area contributed by atoms with Crippen LogP contribution in [-0.2, 0) is 6.54 Å². The van der Waals surface area contributed by atoms with Crippen LogP contribution in [0.25, 0.3) is 11.0 Å². The molecule has 0 fully saturated rings. The van der Waals surface area contributed by atoms with E-state index in [2.05, 4.69) is 26.1 Å². The standard InChI is InChI=1S/C17H17N5O2S/c1-24-12-5-2-4-11(8-12)9-20-17(25)22-21-16(23)14-10-19-15-13(14)6-3-7-18-15/h2-8,10H,9H2,1H3,(H,18,19)(H,21,23)(H2,20,22,25). The molecule has 0 aliphatic rings. The van der Waals surface area contributed by atoms with Crippen molar-refractivity contribution in [3.63, 3.8) is 0 Å². The molecule has 3 aromatic rings. The second-order valence-electron chi connectivity index (χ2n) is 5.22. The van der Waals surface area contributed by atoms with E-state index in [0.717, 1.165) is 16.7 Å². The molecule has 0 saturated heterocycles. The topological polar surface area (TPSA) is 91.1 Å².